The smallest absolute Gasteiger partial charge is 0.252 e. The van der Waals surface area contributed by atoms with Gasteiger partial charge in [-0.3, -0.25) is 4.79 Å². The molecule has 2 aromatic rings. The molecular formula is C19H21BrClN3O3S. The Morgan fingerprint density at radius 2 is 1.68 bits per heavy atom. The molecule has 1 saturated heterocycles. The monoisotopic (exact) mass is 485 g/mol. The van der Waals surface area contributed by atoms with E-state index in [9.17, 15) is 13.2 Å². The minimum atomic E-state index is -3.42. The molecule has 1 amide bonds. The highest BCUT2D eigenvalue weighted by Gasteiger charge is 2.27. The number of hydrogen-bond donors (Lipinski definition) is 1. The summed E-state index contributed by atoms with van der Waals surface area (Å²) in [5, 5.41) is 3.35. The summed E-state index contributed by atoms with van der Waals surface area (Å²) < 4.78 is 27.3. The molecule has 0 atom stereocenters. The molecule has 6 nitrogen and oxygen atoms in total. The summed E-state index contributed by atoms with van der Waals surface area (Å²) in [5.74, 6) is -0.417. The van der Waals surface area contributed by atoms with Gasteiger partial charge in [0, 0.05) is 47.9 Å². The molecule has 3 rings (SSSR count). The van der Waals surface area contributed by atoms with Gasteiger partial charge in [0.25, 0.3) is 5.91 Å². The molecular weight excluding hydrogens is 466 g/mol. The van der Waals surface area contributed by atoms with Gasteiger partial charge in [0.15, 0.2) is 0 Å². The van der Waals surface area contributed by atoms with Gasteiger partial charge < -0.3 is 10.2 Å². The minimum Gasteiger partial charge on any atom is -0.369 e. The van der Waals surface area contributed by atoms with Crippen LogP contribution in [0.25, 0.3) is 0 Å². The molecule has 0 spiro atoms. The van der Waals surface area contributed by atoms with E-state index >= 15 is 0 Å². The number of hydrogen-bond acceptors (Lipinski definition) is 4. The highest BCUT2D eigenvalue weighted by Crippen LogP contribution is 2.20. The molecule has 0 radical (unpaired) electrons. The van der Waals surface area contributed by atoms with Gasteiger partial charge in [-0.15, -0.1) is 0 Å². The Kier molecular flexibility index (Phi) is 6.98. The topological polar surface area (TPSA) is 69.7 Å². The first kappa shape index (κ1) is 21.1. The van der Waals surface area contributed by atoms with Crippen LogP contribution in [-0.2, 0) is 10.0 Å². The van der Waals surface area contributed by atoms with Crippen LogP contribution < -0.4 is 10.2 Å². The van der Waals surface area contributed by atoms with Crippen LogP contribution in [0.1, 0.15) is 10.4 Å². The summed E-state index contributed by atoms with van der Waals surface area (Å²) in [7, 11) is -3.42. The molecule has 0 aromatic heterocycles. The number of nitrogens with zero attached hydrogens (tertiary/aromatic N) is 2. The summed E-state index contributed by atoms with van der Waals surface area (Å²) in [4.78, 5) is 14.3. The number of benzene rings is 2. The first-order chi connectivity index (χ1) is 13.4. The van der Waals surface area contributed by atoms with E-state index in [1.807, 2.05) is 30.3 Å². The van der Waals surface area contributed by atoms with Crippen LogP contribution in [-0.4, -0.2) is 57.1 Å². The number of halogens is 2. The van der Waals surface area contributed by atoms with Gasteiger partial charge in [0.05, 0.1) is 11.3 Å². The van der Waals surface area contributed by atoms with Crippen molar-refractivity contribution in [2.24, 2.45) is 0 Å². The minimum absolute atomic E-state index is 0.0693. The first-order valence-corrected chi connectivity index (χ1v) is 11.7. The summed E-state index contributed by atoms with van der Waals surface area (Å²) in [5.41, 5.74) is 1.51. The van der Waals surface area contributed by atoms with E-state index in [0.717, 1.165) is 5.69 Å². The van der Waals surface area contributed by atoms with E-state index in [1.54, 1.807) is 18.2 Å². The predicted octanol–water partition coefficient (Wildman–Crippen LogP) is 2.98. The average molecular weight is 487 g/mol. The third kappa shape index (κ3) is 5.26. The summed E-state index contributed by atoms with van der Waals surface area (Å²) >= 11 is 9.23. The Morgan fingerprint density at radius 1 is 1.04 bits per heavy atom. The lowest BCUT2D eigenvalue weighted by atomic mass is 10.2. The van der Waals surface area contributed by atoms with E-state index in [0.29, 0.717) is 41.2 Å². The van der Waals surface area contributed by atoms with E-state index in [4.69, 9.17) is 11.6 Å². The van der Waals surface area contributed by atoms with Crippen molar-refractivity contribution < 1.29 is 13.2 Å². The SMILES string of the molecule is O=C(NCCS(=O)(=O)N1CCN(c2ccc(Cl)cc2)CC1)c1ccccc1Br. The predicted molar refractivity (Wildman–Crippen MR) is 116 cm³/mol. The average Bonchev–Trinajstić information content (AvgIpc) is 2.69. The van der Waals surface area contributed by atoms with Crippen molar-refractivity contribution in [3.63, 3.8) is 0 Å². The summed E-state index contributed by atoms with van der Waals surface area (Å²) in [6, 6.07) is 14.6. The van der Waals surface area contributed by atoms with Gasteiger partial charge in [-0.25, -0.2) is 8.42 Å². The normalized spacial score (nSPS) is 15.4. The zero-order valence-electron chi connectivity index (χ0n) is 15.1. The van der Waals surface area contributed by atoms with Crippen molar-refractivity contribution in [3.8, 4) is 0 Å². The molecule has 1 N–H and O–H groups in total. The maximum Gasteiger partial charge on any atom is 0.252 e. The van der Waals surface area contributed by atoms with Crippen molar-refractivity contribution in [1.82, 2.24) is 9.62 Å². The van der Waals surface area contributed by atoms with Gasteiger partial charge in [-0.1, -0.05) is 23.7 Å². The number of nitrogens with one attached hydrogen (secondary N) is 1. The molecule has 0 aliphatic carbocycles. The third-order valence-electron chi connectivity index (χ3n) is 4.59. The lowest BCUT2D eigenvalue weighted by Crippen LogP contribution is -2.50. The lowest BCUT2D eigenvalue weighted by Gasteiger charge is -2.35. The van der Waals surface area contributed by atoms with E-state index in [1.165, 1.54) is 4.31 Å². The fraction of sp³-hybridized carbons (Fsp3) is 0.316. The van der Waals surface area contributed by atoms with Crippen molar-refractivity contribution in [2.75, 3.05) is 43.4 Å². The van der Waals surface area contributed by atoms with Crippen molar-refractivity contribution >= 4 is 49.1 Å². The van der Waals surface area contributed by atoms with E-state index < -0.39 is 10.0 Å². The van der Waals surface area contributed by atoms with Gasteiger partial charge in [0.2, 0.25) is 10.0 Å². The van der Waals surface area contributed by atoms with Crippen LogP contribution in [0.15, 0.2) is 53.0 Å². The van der Waals surface area contributed by atoms with Crippen LogP contribution in [0.2, 0.25) is 5.02 Å². The second-order valence-electron chi connectivity index (χ2n) is 6.41. The second-order valence-corrected chi connectivity index (χ2v) is 9.79. The number of carbonyl (C=O) groups excluding carboxylic acids is 1. The van der Waals surface area contributed by atoms with E-state index in [2.05, 4.69) is 26.1 Å². The number of carbonyl (C=O) groups is 1. The molecule has 0 unspecified atom stereocenters. The van der Waals surface area contributed by atoms with Crippen molar-refractivity contribution in [3.05, 3.63) is 63.6 Å². The Hall–Kier alpha value is -1.61. The molecule has 150 valence electrons. The van der Waals surface area contributed by atoms with E-state index in [-0.39, 0.29) is 18.2 Å². The number of sulfonamides is 1. The molecule has 2 aromatic carbocycles. The van der Waals surface area contributed by atoms with Crippen LogP contribution in [0, 0.1) is 0 Å². The molecule has 28 heavy (non-hydrogen) atoms. The lowest BCUT2D eigenvalue weighted by molar-refractivity contribution is 0.0955. The zero-order valence-corrected chi connectivity index (χ0v) is 18.3. The molecule has 1 aliphatic rings. The number of anilines is 1. The fourth-order valence-corrected chi connectivity index (χ4v) is 4.97. The highest BCUT2D eigenvalue weighted by molar-refractivity contribution is 9.10. The number of piperazine rings is 1. The Balaban J connectivity index is 1.49. The van der Waals surface area contributed by atoms with Gasteiger partial charge >= 0.3 is 0 Å². The van der Waals surface area contributed by atoms with Crippen LogP contribution >= 0.6 is 27.5 Å². The zero-order chi connectivity index (χ0) is 20.1. The first-order valence-electron chi connectivity index (χ1n) is 8.88. The van der Waals surface area contributed by atoms with Gasteiger partial charge in [0.1, 0.15) is 0 Å². The molecule has 1 aliphatic heterocycles. The largest absolute Gasteiger partial charge is 0.369 e. The Morgan fingerprint density at radius 3 is 2.32 bits per heavy atom. The number of rotatable bonds is 6. The second kappa shape index (κ2) is 9.26. The maximum absolute atomic E-state index is 12.6. The fourth-order valence-electron chi connectivity index (χ4n) is 3.04. The molecule has 9 heteroatoms. The number of amides is 1. The standard InChI is InChI=1S/C19H21BrClN3O3S/c20-18-4-2-1-3-17(18)19(25)22-9-14-28(26,27)24-12-10-23(11-13-24)16-7-5-15(21)6-8-16/h1-8H,9-14H2,(H,22,25). The molecule has 1 heterocycles. The van der Waals surface area contributed by atoms with Crippen molar-refractivity contribution in [1.29, 1.82) is 0 Å². The quantitative estimate of drug-likeness (QED) is 0.681. The Labute approximate surface area is 178 Å². The van der Waals surface area contributed by atoms with Crippen LogP contribution in [0.3, 0.4) is 0 Å². The summed E-state index contributed by atoms with van der Waals surface area (Å²) in [6.45, 7) is 2.14. The molecule has 0 saturated carbocycles. The molecule has 0 bridgehead atoms. The van der Waals surface area contributed by atoms with Crippen LogP contribution in [0.5, 0.6) is 0 Å². The molecule has 1 fully saturated rings. The maximum atomic E-state index is 12.6. The Bertz CT molecular complexity index is 930. The van der Waals surface area contributed by atoms with Crippen LogP contribution in [0.4, 0.5) is 5.69 Å². The highest BCUT2D eigenvalue weighted by atomic mass is 79.9. The van der Waals surface area contributed by atoms with Gasteiger partial charge in [-0.2, -0.15) is 4.31 Å². The summed E-state index contributed by atoms with van der Waals surface area (Å²) in [6.07, 6.45) is 0. The van der Waals surface area contributed by atoms with Crippen molar-refractivity contribution in [2.45, 2.75) is 0 Å². The van der Waals surface area contributed by atoms with Gasteiger partial charge in [-0.05, 0) is 52.3 Å². The third-order valence-corrected chi connectivity index (χ3v) is 7.40.